The van der Waals surface area contributed by atoms with Gasteiger partial charge in [-0.25, -0.2) is 4.79 Å². The maximum atomic E-state index is 12.3. The largest absolute Gasteiger partial charge is 0.486 e. The van der Waals surface area contributed by atoms with Crippen LogP contribution in [0.4, 0.5) is 0 Å². The maximum Gasteiger partial charge on any atom is 0.341 e. The van der Waals surface area contributed by atoms with Crippen LogP contribution in [0.25, 0.3) is 6.08 Å². The number of benzene rings is 2. The van der Waals surface area contributed by atoms with Crippen LogP contribution in [0.2, 0.25) is 0 Å². The molecule has 0 unspecified atom stereocenters. The summed E-state index contributed by atoms with van der Waals surface area (Å²) in [5.74, 6) is 0.305. The minimum atomic E-state index is -1.08. The molecular weight excluding hydrogens is 324 g/mol. The molecule has 0 amide bonds. The number of hydrogen-bond donors (Lipinski definition) is 1. The fourth-order valence-electron chi connectivity index (χ4n) is 2.37. The Balaban J connectivity index is 1.75. The minimum absolute atomic E-state index is 0.227. The number of carbonyl (C=O) groups excluding carboxylic acids is 1. The number of ketones is 1. The van der Waals surface area contributed by atoms with Crippen molar-refractivity contribution in [2.75, 3.05) is 19.8 Å². The summed E-state index contributed by atoms with van der Waals surface area (Å²) in [6.07, 6.45) is 3.10. The molecule has 1 heterocycles. The van der Waals surface area contributed by atoms with Crippen molar-refractivity contribution in [2.45, 2.75) is 0 Å². The molecule has 0 spiro atoms. The van der Waals surface area contributed by atoms with Gasteiger partial charge in [-0.1, -0.05) is 24.3 Å². The fraction of sp³-hybridized carbons (Fsp3) is 0.158. The zero-order valence-electron chi connectivity index (χ0n) is 13.3. The number of hydrogen-bond acceptors (Lipinski definition) is 5. The quantitative estimate of drug-likeness (QED) is 0.643. The van der Waals surface area contributed by atoms with E-state index in [4.69, 9.17) is 19.3 Å². The second-order valence-electron chi connectivity index (χ2n) is 5.28. The minimum Gasteiger partial charge on any atom is -0.486 e. The van der Waals surface area contributed by atoms with E-state index in [0.717, 1.165) is 5.56 Å². The molecule has 0 bridgehead atoms. The van der Waals surface area contributed by atoms with Gasteiger partial charge < -0.3 is 19.3 Å². The first-order chi connectivity index (χ1) is 12.1. The lowest BCUT2D eigenvalue weighted by Crippen LogP contribution is -2.15. The number of carbonyl (C=O) groups is 2. The molecular formula is C19H16O6. The van der Waals surface area contributed by atoms with Crippen LogP contribution in [0, 0.1) is 0 Å². The van der Waals surface area contributed by atoms with Gasteiger partial charge in [-0.05, 0) is 30.4 Å². The van der Waals surface area contributed by atoms with Crippen molar-refractivity contribution in [3.8, 4) is 17.2 Å². The van der Waals surface area contributed by atoms with Crippen LogP contribution in [-0.4, -0.2) is 36.7 Å². The Morgan fingerprint density at radius 2 is 1.92 bits per heavy atom. The van der Waals surface area contributed by atoms with E-state index in [-0.39, 0.29) is 5.78 Å². The summed E-state index contributed by atoms with van der Waals surface area (Å²) in [6.45, 7) is 0.512. The number of fused-ring (bicyclic) bond motifs is 1. The summed E-state index contributed by atoms with van der Waals surface area (Å²) in [6, 6.07) is 11.9. The lowest BCUT2D eigenvalue weighted by atomic mass is 10.1. The van der Waals surface area contributed by atoms with Gasteiger partial charge in [-0.15, -0.1) is 0 Å². The molecule has 0 aliphatic carbocycles. The van der Waals surface area contributed by atoms with Gasteiger partial charge in [0.05, 0.1) is 0 Å². The number of ether oxygens (including phenoxy) is 3. The fourth-order valence-corrected chi connectivity index (χ4v) is 2.37. The maximum absolute atomic E-state index is 12.3. The molecule has 0 saturated carbocycles. The summed E-state index contributed by atoms with van der Waals surface area (Å²) < 4.78 is 16.2. The number of rotatable bonds is 6. The standard InChI is InChI=1S/C19H16O6/c20-16(14-4-1-5-15(11-14)25-12-18(21)22)8-7-13-3-2-6-17-19(13)24-10-9-23-17/h1-8,11H,9-10,12H2,(H,21,22)/b8-7-. The van der Waals surface area contributed by atoms with Gasteiger partial charge in [0.1, 0.15) is 19.0 Å². The molecule has 6 nitrogen and oxygen atoms in total. The van der Waals surface area contributed by atoms with E-state index >= 15 is 0 Å². The average molecular weight is 340 g/mol. The van der Waals surface area contributed by atoms with Crippen LogP contribution in [0.15, 0.2) is 48.5 Å². The SMILES string of the molecule is O=C(O)COc1cccc(C(=O)/C=C\c2cccc3c2OCCO3)c1. The van der Waals surface area contributed by atoms with Gasteiger partial charge in [-0.3, -0.25) is 4.79 Å². The van der Waals surface area contributed by atoms with Crippen molar-refractivity contribution in [1.82, 2.24) is 0 Å². The Morgan fingerprint density at radius 3 is 2.76 bits per heavy atom. The van der Waals surface area contributed by atoms with Crippen molar-refractivity contribution >= 4 is 17.8 Å². The number of aliphatic carboxylic acids is 1. The second-order valence-corrected chi connectivity index (χ2v) is 5.28. The molecule has 1 N–H and O–H groups in total. The van der Waals surface area contributed by atoms with Gasteiger partial charge in [0.25, 0.3) is 0 Å². The third-order valence-electron chi connectivity index (χ3n) is 3.49. The molecule has 0 atom stereocenters. The van der Waals surface area contributed by atoms with Crippen LogP contribution in [0.1, 0.15) is 15.9 Å². The van der Waals surface area contributed by atoms with Gasteiger partial charge >= 0.3 is 5.97 Å². The Kier molecular flexibility index (Phi) is 4.99. The highest BCUT2D eigenvalue weighted by Crippen LogP contribution is 2.34. The van der Waals surface area contributed by atoms with Gasteiger partial charge in [-0.2, -0.15) is 0 Å². The van der Waals surface area contributed by atoms with Crippen molar-refractivity contribution < 1.29 is 28.9 Å². The van der Waals surface area contributed by atoms with Crippen LogP contribution < -0.4 is 14.2 Å². The Hall–Kier alpha value is -3.28. The molecule has 1 aliphatic rings. The summed E-state index contributed by atoms with van der Waals surface area (Å²) in [5, 5.41) is 8.64. The summed E-state index contributed by atoms with van der Waals surface area (Å²) >= 11 is 0. The first kappa shape index (κ1) is 16.6. The molecule has 1 aliphatic heterocycles. The second kappa shape index (κ2) is 7.53. The molecule has 25 heavy (non-hydrogen) atoms. The lowest BCUT2D eigenvalue weighted by molar-refractivity contribution is -0.139. The third-order valence-corrected chi connectivity index (χ3v) is 3.49. The summed E-state index contributed by atoms with van der Waals surface area (Å²) in [7, 11) is 0. The van der Waals surface area contributed by atoms with Gasteiger partial charge in [0.2, 0.25) is 0 Å². The van der Waals surface area contributed by atoms with Crippen molar-refractivity contribution in [1.29, 1.82) is 0 Å². The summed E-state index contributed by atoms with van der Waals surface area (Å²) in [4.78, 5) is 22.9. The van der Waals surface area contributed by atoms with Crippen molar-refractivity contribution in [2.24, 2.45) is 0 Å². The molecule has 0 fully saturated rings. The molecule has 128 valence electrons. The highest BCUT2D eigenvalue weighted by atomic mass is 16.6. The van der Waals surface area contributed by atoms with Gasteiger partial charge in [0, 0.05) is 11.1 Å². The zero-order valence-corrected chi connectivity index (χ0v) is 13.3. The Morgan fingerprint density at radius 1 is 1.12 bits per heavy atom. The predicted octanol–water partition coefficient (Wildman–Crippen LogP) is 2.82. The number of para-hydroxylation sites is 1. The summed E-state index contributed by atoms with van der Waals surface area (Å²) in [5.41, 5.74) is 1.16. The van der Waals surface area contributed by atoms with E-state index < -0.39 is 12.6 Å². The van der Waals surface area contributed by atoms with Crippen molar-refractivity contribution in [3.05, 3.63) is 59.7 Å². The Labute approximate surface area is 144 Å². The lowest BCUT2D eigenvalue weighted by Gasteiger charge is -2.19. The first-order valence-electron chi connectivity index (χ1n) is 7.69. The number of carboxylic acids is 1. The molecule has 2 aromatic rings. The monoisotopic (exact) mass is 340 g/mol. The normalized spacial score (nSPS) is 12.8. The molecule has 0 saturated heterocycles. The highest BCUT2D eigenvalue weighted by molar-refractivity contribution is 6.07. The number of carboxylic acid groups (broad SMARTS) is 1. The zero-order chi connectivity index (χ0) is 17.6. The average Bonchev–Trinajstić information content (AvgIpc) is 2.64. The molecule has 3 rings (SSSR count). The smallest absolute Gasteiger partial charge is 0.341 e. The van der Waals surface area contributed by atoms with E-state index in [0.29, 0.717) is 36.0 Å². The van der Waals surface area contributed by atoms with Crippen LogP contribution in [0.3, 0.4) is 0 Å². The number of allylic oxidation sites excluding steroid dienone is 1. The highest BCUT2D eigenvalue weighted by Gasteiger charge is 2.14. The van der Waals surface area contributed by atoms with Crippen LogP contribution in [-0.2, 0) is 4.79 Å². The van der Waals surface area contributed by atoms with E-state index in [1.807, 2.05) is 18.2 Å². The van der Waals surface area contributed by atoms with E-state index in [2.05, 4.69) is 0 Å². The van der Waals surface area contributed by atoms with Crippen LogP contribution in [0.5, 0.6) is 17.2 Å². The van der Waals surface area contributed by atoms with E-state index in [1.165, 1.54) is 12.1 Å². The van der Waals surface area contributed by atoms with Crippen molar-refractivity contribution in [3.63, 3.8) is 0 Å². The first-order valence-corrected chi connectivity index (χ1v) is 7.69. The molecule has 2 aromatic carbocycles. The van der Waals surface area contributed by atoms with Gasteiger partial charge in [0.15, 0.2) is 23.9 Å². The van der Waals surface area contributed by atoms with E-state index in [9.17, 15) is 9.59 Å². The van der Waals surface area contributed by atoms with Crippen LogP contribution >= 0.6 is 0 Å². The molecule has 6 heteroatoms. The predicted molar refractivity (Wildman–Crippen MR) is 90.4 cm³/mol. The Bertz CT molecular complexity index is 824. The topological polar surface area (TPSA) is 82.1 Å². The third kappa shape index (κ3) is 4.17. The van der Waals surface area contributed by atoms with E-state index in [1.54, 1.807) is 24.3 Å². The molecule has 0 radical (unpaired) electrons. The molecule has 0 aromatic heterocycles.